The molecule has 0 radical (unpaired) electrons. The Kier molecular flexibility index (Phi) is 6.56. The maximum atomic E-state index is 12.8. The molecule has 5 aromatic rings. The Morgan fingerprint density at radius 2 is 1.62 bits per heavy atom. The minimum Gasteiger partial charge on any atom is -0.486 e. The minimum atomic E-state index is -0.318. The van der Waals surface area contributed by atoms with Gasteiger partial charge in [0.1, 0.15) is 18.1 Å². The summed E-state index contributed by atoms with van der Waals surface area (Å²) in [5, 5.41) is 5.89. The zero-order chi connectivity index (χ0) is 23.3. The fraction of sp³-hybridized carbons (Fsp3) is 0.0357. The summed E-state index contributed by atoms with van der Waals surface area (Å²) < 4.78 is 11.6. The van der Waals surface area contributed by atoms with Gasteiger partial charge in [-0.2, -0.15) is 0 Å². The molecule has 0 atom stereocenters. The van der Waals surface area contributed by atoms with Crippen molar-refractivity contribution in [1.29, 1.82) is 0 Å². The van der Waals surface area contributed by atoms with E-state index in [1.807, 2.05) is 84.9 Å². The molecule has 168 valence electrons. The van der Waals surface area contributed by atoms with Gasteiger partial charge in [0.25, 0.3) is 5.91 Å². The first-order valence-electron chi connectivity index (χ1n) is 10.7. The molecule has 0 unspecified atom stereocenters. The average molecular weight is 486 g/mol. The van der Waals surface area contributed by atoms with Crippen molar-refractivity contribution in [1.82, 2.24) is 0 Å². The lowest BCUT2D eigenvalue weighted by atomic mass is 10.1. The standard InChI is InChI=1S/C28H20ClNO3S/c29-21-10-14-24(15-11-21)34-27-8-4-3-7-25(27)30-28(31)26-16-13-23(33-26)18-32-22-12-9-19-5-1-2-6-20(19)17-22/h1-17H,18H2,(H,30,31). The van der Waals surface area contributed by atoms with E-state index >= 15 is 0 Å². The summed E-state index contributed by atoms with van der Waals surface area (Å²) in [6, 6.07) is 32.7. The number of hydrogen-bond acceptors (Lipinski definition) is 4. The van der Waals surface area contributed by atoms with Crippen LogP contribution in [0.25, 0.3) is 10.8 Å². The van der Waals surface area contributed by atoms with Gasteiger partial charge in [-0.25, -0.2) is 0 Å². The van der Waals surface area contributed by atoms with Crippen molar-refractivity contribution < 1.29 is 13.9 Å². The van der Waals surface area contributed by atoms with Gasteiger partial charge in [-0.1, -0.05) is 65.8 Å². The van der Waals surface area contributed by atoms with Gasteiger partial charge in [-0.15, -0.1) is 0 Å². The number of rotatable bonds is 7. The van der Waals surface area contributed by atoms with Gasteiger partial charge in [0.15, 0.2) is 5.76 Å². The van der Waals surface area contributed by atoms with Crippen molar-refractivity contribution in [2.45, 2.75) is 16.4 Å². The van der Waals surface area contributed by atoms with E-state index in [1.54, 1.807) is 23.9 Å². The lowest BCUT2D eigenvalue weighted by Gasteiger charge is -2.10. The highest BCUT2D eigenvalue weighted by atomic mass is 35.5. The zero-order valence-corrected chi connectivity index (χ0v) is 19.6. The highest BCUT2D eigenvalue weighted by molar-refractivity contribution is 7.99. The molecular weight excluding hydrogens is 466 g/mol. The van der Waals surface area contributed by atoms with Crippen LogP contribution in [0.4, 0.5) is 5.69 Å². The second-order valence-electron chi connectivity index (χ2n) is 7.57. The Labute approximate surface area is 206 Å². The maximum Gasteiger partial charge on any atom is 0.291 e. The van der Waals surface area contributed by atoms with E-state index in [1.165, 1.54) is 0 Å². The Morgan fingerprint density at radius 1 is 0.853 bits per heavy atom. The van der Waals surface area contributed by atoms with E-state index in [0.29, 0.717) is 16.5 Å². The van der Waals surface area contributed by atoms with Crippen LogP contribution in [-0.2, 0) is 6.61 Å². The van der Waals surface area contributed by atoms with Gasteiger partial charge in [0.2, 0.25) is 0 Å². The molecular formula is C28H20ClNO3S. The topological polar surface area (TPSA) is 51.5 Å². The molecule has 4 nitrogen and oxygen atoms in total. The SMILES string of the molecule is O=C(Nc1ccccc1Sc1ccc(Cl)cc1)c1ccc(COc2ccc3ccccc3c2)o1. The number of furan rings is 1. The first-order chi connectivity index (χ1) is 16.6. The highest BCUT2D eigenvalue weighted by Gasteiger charge is 2.14. The van der Waals surface area contributed by atoms with E-state index in [-0.39, 0.29) is 18.3 Å². The van der Waals surface area contributed by atoms with Crippen molar-refractivity contribution >= 4 is 45.7 Å². The van der Waals surface area contributed by atoms with E-state index in [9.17, 15) is 4.79 Å². The molecule has 4 aromatic carbocycles. The third-order valence-corrected chi connectivity index (χ3v) is 6.50. The average Bonchev–Trinajstić information content (AvgIpc) is 3.34. The fourth-order valence-corrected chi connectivity index (χ4v) is 4.49. The number of ether oxygens (including phenoxy) is 1. The molecule has 0 saturated carbocycles. The first-order valence-corrected chi connectivity index (χ1v) is 11.9. The molecule has 5 rings (SSSR count). The van der Waals surface area contributed by atoms with Crippen LogP contribution in [0.2, 0.25) is 5.02 Å². The van der Waals surface area contributed by atoms with Crippen molar-refractivity contribution in [3.8, 4) is 5.75 Å². The summed E-state index contributed by atoms with van der Waals surface area (Å²) in [6.45, 7) is 0.231. The number of anilines is 1. The van der Waals surface area contributed by atoms with Gasteiger partial charge in [0.05, 0.1) is 5.69 Å². The minimum absolute atomic E-state index is 0.225. The van der Waals surface area contributed by atoms with E-state index < -0.39 is 0 Å². The molecule has 0 saturated heterocycles. The number of fused-ring (bicyclic) bond motifs is 1. The number of amides is 1. The Morgan fingerprint density at radius 3 is 2.47 bits per heavy atom. The van der Waals surface area contributed by atoms with Crippen LogP contribution in [0.1, 0.15) is 16.3 Å². The number of benzene rings is 4. The third kappa shape index (κ3) is 5.28. The third-order valence-electron chi connectivity index (χ3n) is 5.16. The molecule has 0 aliphatic rings. The second-order valence-corrected chi connectivity index (χ2v) is 9.12. The lowest BCUT2D eigenvalue weighted by molar-refractivity contribution is 0.0992. The molecule has 1 aromatic heterocycles. The summed E-state index contributed by atoms with van der Waals surface area (Å²) in [6.07, 6.45) is 0. The Bertz CT molecular complexity index is 1450. The van der Waals surface area contributed by atoms with Gasteiger partial charge in [-0.3, -0.25) is 4.79 Å². The normalized spacial score (nSPS) is 10.9. The molecule has 1 heterocycles. The second kappa shape index (κ2) is 10.1. The van der Waals surface area contributed by atoms with Gasteiger partial charge >= 0.3 is 0 Å². The van der Waals surface area contributed by atoms with Crippen LogP contribution in [0.15, 0.2) is 117 Å². The van der Waals surface area contributed by atoms with E-state index in [2.05, 4.69) is 11.4 Å². The first kappa shape index (κ1) is 22.1. The molecule has 1 N–H and O–H groups in total. The van der Waals surface area contributed by atoms with Crippen molar-refractivity contribution in [3.63, 3.8) is 0 Å². The Hall–Kier alpha value is -3.67. The smallest absolute Gasteiger partial charge is 0.291 e. The number of carbonyl (C=O) groups excluding carboxylic acids is 1. The van der Waals surface area contributed by atoms with Crippen LogP contribution >= 0.6 is 23.4 Å². The van der Waals surface area contributed by atoms with Gasteiger partial charge < -0.3 is 14.5 Å². The quantitative estimate of drug-likeness (QED) is 0.253. The number of nitrogens with one attached hydrogen (secondary N) is 1. The zero-order valence-electron chi connectivity index (χ0n) is 18.0. The molecule has 0 bridgehead atoms. The van der Waals surface area contributed by atoms with Crippen molar-refractivity contribution in [2.75, 3.05) is 5.32 Å². The van der Waals surface area contributed by atoms with Crippen LogP contribution in [0.5, 0.6) is 5.75 Å². The number of hydrogen-bond donors (Lipinski definition) is 1. The summed E-state index contributed by atoms with van der Waals surface area (Å²) in [7, 11) is 0. The lowest BCUT2D eigenvalue weighted by Crippen LogP contribution is -2.11. The summed E-state index contributed by atoms with van der Waals surface area (Å²) in [5.41, 5.74) is 0.706. The fourth-order valence-electron chi connectivity index (χ4n) is 3.46. The molecule has 1 amide bonds. The van der Waals surface area contributed by atoms with Crippen molar-refractivity contribution in [2.24, 2.45) is 0 Å². The summed E-state index contributed by atoms with van der Waals surface area (Å²) in [4.78, 5) is 14.8. The maximum absolute atomic E-state index is 12.8. The van der Waals surface area contributed by atoms with Crippen LogP contribution in [-0.4, -0.2) is 5.91 Å². The Balaban J connectivity index is 1.24. The molecule has 34 heavy (non-hydrogen) atoms. The summed E-state index contributed by atoms with van der Waals surface area (Å²) in [5.74, 6) is 1.22. The van der Waals surface area contributed by atoms with Crippen LogP contribution in [0, 0.1) is 0 Å². The monoisotopic (exact) mass is 485 g/mol. The van der Waals surface area contributed by atoms with Gasteiger partial charge in [-0.05, 0) is 71.4 Å². The molecule has 0 aliphatic heterocycles. The molecule has 0 fully saturated rings. The van der Waals surface area contributed by atoms with Gasteiger partial charge in [0, 0.05) is 14.8 Å². The largest absolute Gasteiger partial charge is 0.486 e. The number of halogens is 1. The van der Waals surface area contributed by atoms with Crippen molar-refractivity contribution in [3.05, 3.63) is 120 Å². The molecule has 0 spiro atoms. The van der Waals surface area contributed by atoms with Crippen LogP contribution < -0.4 is 10.1 Å². The van der Waals surface area contributed by atoms with Crippen LogP contribution in [0.3, 0.4) is 0 Å². The van der Waals surface area contributed by atoms with E-state index in [4.69, 9.17) is 20.8 Å². The number of carbonyl (C=O) groups is 1. The highest BCUT2D eigenvalue weighted by Crippen LogP contribution is 2.34. The molecule has 6 heteroatoms. The predicted molar refractivity (Wildman–Crippen MR) is 137 cm³/mol. The molecule has 0 aliphatic carbocycles. The summed E-state index contributed by atoms with van der Waals surface area (Å²) >= 11 is 7.53. The predicted octanol–water partition coefficient (Wildman–Crippen LogP) is 8.07. The van der Waals surface area contributed by atoms with E-state index in [0.717, 1.165) is 26.3 Å². The number of para-hydroxylation sites is 1.